The summed E-state index contributed by atoms with van der Waals surface area (Å²) >= 11 is 0. The molecule has 2 aliphatic rings. The topological polar surface area (TPSA) is 51.6 Å². The molecule has 13 rings (SSSR count). The molecule has 0 atom stereocenters. The van der Waals surface area contributed by atoms with Gasteiger partial charge in [-0.3, -0.25) is 0 Å². The third-order valence-electron chi connectivity index (χ3n) is 15.1. The van der Waals surface area contributed by atoms with Crippen molar-refractivity contribution in [3.63, 3.8) is 0 Å². The fourth-order valence-electron chi connectivity index (χ4n) is 11.2. The van der Waals surface area contributed by atoms with Crippen molar-refractivity contribution in [2.45, 2.75) is 38.5 Å². The second kappa shape index (κ2) is 16.9. The molecule has 0 saturated heterocycles. The van der Waals surface area contributed by atoms with Crippen molar-refractivity contribution in [3.05, 3.63) is 253 Å². The second-order valence-corrected chi connectivity index (χ2v) is 20.3. The van der Waals surface area contributed by atoms with E-state index in [1.54, 1.807) is 0 Å². The molecular weight excluding hydrogens is 873 g/mol. The molecule has 2 heterocycles. The zero-order valence-corrected chi connectivity index (χ0v) is 40.7. The van der Waals surface area contributed by atoms with Gasteiger partial charge in [-0.05, 0) is 109 Å². The first-order valence-electron chi connectivity index (χ1n) is 24.9. The Balaban J connectivity index is 0.808. The first-order chi connectivity index (χ1) is 35.2. The van der Waals surface area contributed by atoms with Crippen LogP contribution in [0.5, 0.6) is 0 Å². The average Bonchev–Trinajstić information content (AvgIpc) is 3.81. The van der Waals surface area contributed by atoms with E-state index in [0.29, 0.717) is 0 Å². The van der Waals surface area contributed by atoms with Crippen molar-refractivity contribution in [2.75, 3.05) is 0 Å². The van der Waals surface area contributed by atoms with Gasteiger partial charge in [0.25, 0.3) is 0 Å². The number of fused-ring (bicyclic) bond motifs is 6. The van der Waals surface area contributed by atoms with Gasteiger partial charge >= 0.3 is 0 Å². The largest absolute Gasteiger partial charge is 0.228 e. The molecule has 0 amide bonds. The summed E-state index contributed by atoms with van der Waals surface area (Å²) < 4.78 is 0. The number of hydrogen-bond donors (Lipinski definition) is 0. The Labute approximate surface area is 421 Å². The molecule has 0 aliphatic heterocycles. The summed E-state index contributed by atoms with van der Waals surface area (Å²) in [4.78, 5) is 20.4. The van der Waals surface area contributed by atoms with Crippen LogP contribution in [-0.2, 0) is 10.8 Å². The maximum atomic E-state index is 5.17. The lowest BCUT2D eigenvalue weighted by molar-refractivity contribution is 0.660. The number of aromatic nitrogens is 4. The molecule has 342 valence electrons. The predicted molar refractivity (Wildman–Crippen MR) is 296 cm³/mol. The van der Waals surface area contributed by atoms with E-state index < -0.39 is 0 Å². The Bertz CT molecular complexity index is 3530. The van der Waals surface area contributed by atoms with E-state index in [1.807, 2.05) is 48.5 Å². The molecule has 0 spiro atoms. The van der Waals surface area contributed by atoms with Crippen LogP contribution >= 0.6 is 0 Å². The van der Waals surface area contributed by atoms with Crippen LogP contribution in [0.15, 0.2) is 231 Å². The monoisotopic (exact) mass is 922 g/mol. The van der Waals surface area contributed by atoms with Gasteiger partial charge in [0, 0.05) is 44.2 Å². The second-order valence-electron chi connectivity index (χ2n) is 20.3. The smallest absolute Gasteiger partial charge is 0.160 e. The first kappa shape index (κ1) is 43.2. The lowest BCUT2D eigenvalue weighted by atomic mass is 9.80. The number of nitrogens with zero attached hydrogens (tertiary/aromatic N) is 4. The van der Waals surface area contributed by atoms with Gasteiger partial charge in [-0.1, -0.05) is 216 Å². The quantitative estimate of drug-likeness (QED) is 0.152. The molecule has 0 bridgehead atoms. The molecule has 11 aromatic rings. The molecule has 0 fully saturated rings. The summed E-state index contributed by atoms with van der Waals surface area (Å²) in [6.45, 7) is 9.43. The van der Waals surface area contributed by atoms with Gasteiger partial charge in [-0.15, -0.1) is 0 Å². The molecule has 0 radical (unpaired) electrons. The molecule has 2 aliphatic carbocycles. The lowest BCUT2D eigenvalue weighted by Gasteiger charge is -2.23. The van der Waals surface area contributed by atoms with E-state index >= 15 is 0 Å². The Morgan fingerprint density at radius 1 is 0.222 bits per heavy atom. The summed E-state index contributed by atoms with van der Waals surface area (Å²) in [5.74, 6) is 1.44. The maximum absolute atomic E-state index is 5.17. The Hall–Kier alpha value is -8.86. The molecule has 4 heteroatoms. The van der Waals surface area contributed by atoms with Crippen molar-refractivity contribution in [3.8, 4) is 112 Å². The van der Waals surface area contributed by atoms with E-state index in [4.69, 9.17) is 19.9 Å². The third kappa shape index (κ3) is 7.38. The number of benzene rings is 9. The average molecular weight is 923 g/mol. The van der Waals surface area contributed by atoms with E-state index in [0.717, 1.165) is 67.8 Å². The minimum atomic E-state index is -0.228. The number of hydrogen-bond acceptors (Lipinski definition) is 4. The van der Waals surface area contributed by atoms with Gasteiger partial charge in [0.05, 0.1) is 22.8 Å². The van der Waals surface area contributed by atoms with Gasteiger partial charge in [0.1, 0.15) is 0 Å². The van der Waals surface area contributed by atoms with Crippen LogP contribution in [0.4, 0.5) is 0 Å². The summed E-state index contributed by atoms with van der Waals surface area (Å²) in [6.07, 6.45) is 0. The third-order valence-corrected chi connectivity index (χ3v) is 15.1. The van der Waals surface area contributed by atoms with Crippen LogP contribution in [0.2, 0.25) is 0 Å². The SMILES string of the molecule is CC1(C)c2cc(-c3cccc(-c4ccc5c(c4)C(C)(C)c4cc(-c6cc(-c7ccccc7)nc(-c7ccccc7)n6)ccc4-5)c3)ccc2-c2ccc(-c3cc(-c4ccccc4)nc(-c4ccccc4)n3)cc21. The lowest BCUT2D eigenvalue weighted by Crippen LogP contribution is -2.15. The predicted octanol–water partition coefficient (Wildman–Crippen LogP) is 17.2. The van der Waals surface area contributed by atoms with Crippen LogP contribution in [0.3, 0.4) is 0 Å². The summed E-state index contributed by atoms with van der Waals surface area (Å²) in [5, 5.41) is 0. The highest BCUT2D eigenvalue weighted by Crippen LogP contribution is 2.53. The zero-order chi connectivity index (χ0) is 48.6. The molecule has 2 aromatic heterocycles. The van der Waals surface area contributed by atoms with Gasteiger partial charge < -0.3 is 0 Å². The molecule has 0 saturated carbocycles. The van der Waals surface area contributed by atoms with Gasteiger partial charge in [0.15, 0.2) is 11.6 Å². The molecule has 9 aromatic carbocycles. The normalized spacial score (nSPS) is 13.5. The van der Waals surface area contributed by atoms with Crippen molar-refractivity contribution < 1.29 is 0 Å². The van der Waals surface area contributed by atoms with E-state index in [9.17, 15) is 0 Å². The van der Waals surface area contributed by atoms with Crippen LogP contribution in [0.25, 0.3) is 112 Å². The maximum Gasteiger partial charge on any atom is 0.160 e. The van der Waals surface area contributed by atoms with Crippen LogP contribution in [-0.4, -0.2) is 19.9 Å². The van der Waals surface area contributed by atoms with E-state index in [-0.39, 0.29) is 10.8 Å². The van der Waals surface area contributed by atoms with E-state index in [1.165, 1.54) is 66.8 Å². The Morgan fingerprint density at radius 3 is 0.833 bits per heavy atom. The fourth-order valence-corrected chi connectivity index (χ4v) is 11.2. The van der Waals surface area contributed by atoms with Gasteiger partial charge in [-0.25, -0.2) is 19.9 Å². The Kier molecular flexibility index (Phi) is 10.2. The summed E-state index contributed by atoms with van der Waals surface area (Å²) in [6, 6.07) is 82.5. The first-order valence-corrected chi connectivity index (χ1v) is 24.9. The van der Waals surface area contributed by atoms with Crippen molar-refractivity contribution in [2.24, 2.45) is 0 Å². The summed E-state index contributed by atoms with van der Waals surface area (Å²) in [7, 11) is 0. The van der Waals surface area contributed by atoms with E-state index in [2.05, 4.69) is 210 Å². The molecule has 0 unspecified atom stereocenters. The van der Waals surface area contributed by atoms with Crippen molar-refractivity contribution in [1.29, 1.82) is 0 Å². The van der Waals surface area contributed by atoms with Crippen molar-refractivity contribution >= 4 is 0 Å². The minimum Gasteiger partial charge on any atom is -0.228 e. The molecular formula is C68H50N4. The van der Waals surface area contributed by atoms with Gasteiger partial charge in [0.2, 0.25) is 0 Å². The standard InChI is InChI=1S/C68H50N4/c1-67(2)57-37-49(28-32-53(57)55-34-30-51(39-59(55)67)63-41-61(43-18-9-5-10-19-43)69-65(71-63)45-22-13-7-14-23-45)47-26-17-27-48(36-47)50-29-33-54-56-35-31-52(40-60(56)68(3,4)58(54)38-50)64-42-62(44-20-11-6-12-21-44)70-66(72-64)46-24-15-8-16-25-46/h5-42H,1-4H3. The molecule has 4 nitrogen and oxygen atoms in total. The molecule has 0 N–H and O–H groups in total. The van der Waals surface area contributed by atoms with Crippen LogP contribution in [0, 0.1) is 0 Å². The fraction of sp³-hybridized carbons (Fsp3) is 0.0882. The highest BCUT2D eigenvalue weighted by molar-refractivity contribution is 5.89. The molecule has 72 heavy (non-hydrogen) atoms. The number of rotatable bonds is 8. The van der Waals surface area contributed by atoms with Crippen LogP contribution in [0.1, 0.15) is 49.9 Å². The summed E-state index contributed by atoms with van der Waals surface area (Å²) in [5.41, 5.74) is 24.7. The van der Waals surface area contributed by atoms with Gasteiger partial charge in [-0.2, -0.15) is 0 Å². The van der Waals surface area contributed by atoms with Crippen molar-refractivity contribution in [1.82, 2.24) is 19.9 Å². The Morgan fingerprint density at radius 2 is 0.486 bits per heavy atom. The highest BCUT2D eigenvalue weighted by atomic mass is 14.9. The van der Waals surface area contributed by atoms with Crippen LogP contribution < -0.4 is 0 Å². The minimum absolute atomic E-state index is 0.228. The highest BCUT2D eigenvalue weighted by Gasteiger charge is 2.37. The zero-order valence-electron chi connectivity index (χ0n) is 40.7.